The van der Waals surface area contributed by atoms with E-state index in [1.54, 1.807) is 0 Å². The molecule has 1 saturated carbocycles. The highest BCUT2D eigenvalue weighted by Crippen LogP contribution is 2.45. The molecular weight excluding hydrogens is 338 g/mol. The van der Waals surface area contributed by atoms with Crippen LogP contribution in [0, 0.1) is 17.3 Å². The van der Waals surface area contributed by atoms with Crippen molar-refractivity contribution in [3.63, 3.8) is 0 Å². The van der Waals surface area contributed by atoms with Crippen LogP contribution in [0.5, 0.6) is 0 Å². The van der Waals surface area contributed by atoms with Crippen molar-refractivity contribution in [2.75, 3.05) is 6.54 Å². The van der Waals surface area contributed by atoms with E-state index in [4.69, 9.17) is 4.74 Å². The number of rotatable bonds is 9. The molecule has 0 heterocycles. The van der Waals surface area contributed by atoms with Crippen molar-refractivity contribution in [1.29, 1.82) is 0 Å². The second-order valence-electron chi connectivity index (χ2n) is 8.46. The van der Waals surface area contributed by atoms with Crippen molar-refractivity contribution < 1.29 is 14.3 Å². The molecule has 1 aliphatic carbocycles. The van der Waals surface area contributed by atoms with Gasteiger partial charge in [-0.2, -0.15) is 0 Å². The summed E-state index contributed by atoms with van der Waals surface area (Å²) in [5, 5.41) is 2.84. The maximum Gasteiger partial charge on any atom is 0.407 e. The summed E-state index contributed by atoms with van der Waals surface area (Å²) in [5.74, 6) is 0.517. The smallest absolute Gasteiger partial charge is 0.407 e. The third-order valence-corrected chi connectivity index (χ3v) is 5.97. The number of carbonyl (C=O) groups excluding carboxylic acids is 2. The number of hydrogen-bond donors (Lipinski definition) is 1. The lowest BCUT2D eigenvalue weighted by Gasteiger charge is -2.43. The predicted molar refractivity (Wildman–Crippen MR) is 108 cm³/mol. The van der Waals surface area contributed by atoms with Gasteiger partial charge in [0, 0.05) is 18.9 Å². The van der Waals surface area contributed by atoms with E-state index in [1.807, 2.05) is 30.3 Å². The zero-order valence-corrected chi connectivity index (χ0v) is 17.1. The van der Waals surface area contributed by atoms with Crippen molar-refractivity contribution in [2.45, 2.75) is 72.3 Å². The number of hydrogen-bond acceptors (Lipinski definition) is 3. The van der Waals surface area contributed by atoms with E-state index in [9.17, 15) is 9.59 Å². The number of alkyl carbamates (subject to hydrolysis) is 1. The summed E-state index contributed by atoms with van der Waals surface area (Å²) in [6, 6.07) is 9.62. The Morgan fingerprint density at radius 2 is 1.93 bits per heavy atom. The Balaban J connectivity index is 1.87. The molecule has 0 bridgehead atoms. The minimum Gasteiger partial charge on any atom is -0.445 e. The third-order valence-electron chi connectivity index (χ3n) is 5.97. The molecule has 1 amide bonds. The lowest BCUT2D eigenvalue weighted by molar-refractivity contribution is -0.131. The number of carbonyl (C=O) groups is 2. The summed E-state index contributed by atoms with van der Waals surface area (Å²) in [7, 11) is 0. The van der Waals surface area contributed by atoms with Crippen LogP contribution in [0.25, 0.3) is 0 Å². The van der Waals surface area contributed by atoms with Crippen LogP contribution >= 0.6 is 0 Å². The van der Waals surface area contributed by atoms with Gasteiger partial charge in [0.1, 0.15) is 12.4 Å². The van der Waals surface area contributed by atoms with Gasteiger partial charge in [-0.15, -0.1) is 0 Å². The van der Waals surface area contributed by atoms with Crippen molar-refractivity contribution >= 4 is 11.9 Å². The minimum absolute atomic E-state index is 0.0975. The van der Waals surface area contributed by atoms with E-state index < -0.39 is 6.09 Å². The molecule has 0 unspecified atom stereocenters. The minimum atomic E-state index is -0.445. The summed E-state index contributed by atoms with van der Waals surface area (Å²) in [6.07, 6.45) is 7.01. The second kappa shape index (κ2) is 10.5. The molecule has 0 spiro atoms. The van der Waals surface area contributed by atoms with Gasteiger partial charge in [0.05, 0.1) is 0 Å². The van der Waals surface area contributed by atoms with Crippen LogP contribution in [0.2, 0.25) is 0 Å². The van der Waals surface area contributed by atoms with E-state index in [0.717, 1.165) is 24.8 Å². The first-order chi connectivity index (χ1) is 12.9. The number of ketones is 1. The van der Waals surface area contributed by atoms with E-state index in [-0.39, 0.29) is 23.7 Å². The average Bonchev–Trinajstić information content (AvgIpc) is 2.66. The fraction of sp³-hybridized carbons (Fsp3) is 0.652. The molecule has 0 radical (unpaired) electrons. The fourth-order valence-electron chi connectivity index (χ4n) is 4.19. The van der Waals surface area contributed by atoms with Gasteiger partial charge >= 0.3 is 6.09 Å². The first kappa shape index (κ1) is 21.5. The van der Waals surface area contributed by atoms with Crippen LogP contribution in [0.15, 0.2) is 30.3 Å². The lowest BCUT2D eigenvalue weighted by Crippen LogP contribution is -2.46. The van der Waals surface area contributed by atoms with E-state index in [0.29, 0.717) is 18.9 Å². The van der Waals surface area contributed by atoms with Gasteiger partial charge in [-0.3, -0.25) is 4.79 Å². The molecule has 2 rings (SSSR count). The van der Waals surface area contributed by atoms with Crippen LogP contribution < -0.4 is 5.32 Å². The molecule has 0 saturated heterocycles. The quantitative estimate of drug-likeness (QED) is 0.581. The van der Waals surface area contributed by atoms with Crippen LogP contribution in [0.4, 0.5) is 4.79 Å². The number of nitrogens with one attached hydrogen (secondary N) is 1. The summed E-state index contributed by atoms with van der Waals surface area (Å²) >= 11 is 0. The number of benzene rings is 1. The molecule has 4 heteroatoms. The van der Waals surface area contributed by atoms with Crippen LogP contribution in [-0.2, 0) is 16.1 Å². The Kier molecular flexibility index (Phi) is 8.33. The maximum atomic E-state index is 12.6. The number of ether oxygens (including phenoxy) is 1. The highest BCUT2D eigenvalue weighted by Gasteiger charge is 2.42. The average molecular weight is 374 g/mol. The molecule has 27 heavy (non-hydrogen) atoms. The van der Waals surface area contributed by atoms with E-state index >= 15 is 0 Å². The molecule has 1 aromatic rings. The van der Waals surface area contributed by atoms with Crippen LogP contribution in [0.3, 0.4) is 0 Å². The molecule has 1 N–H and O–H groups in total. The van der Waals surface area contributed by atoms with Crippen molar-refractivity contribution in [1.82, 2.24) is 5.32 Å². The molecule has 0 aliphatic heterocycles. The molecule has 1 aliphatic rings. The maximum absolute atomic E-state index is 12.6. The monoisotopic (exact) mass is 373 g/mol. The Hall–Kier alpha value is -1.84. The standard InChI is InChI=1S/C23H35NO3/c1-4-5-6-10-13-20-19(21(25)14-15-23(20,2)3)16-24-22(26)27-17-18-11-8-7-9-12-18/h7-9,11-12,19-20H,4-6,10,13-17H2,1-3H3,(H,24,26)/t19-,20+/m1/s1. The van der Waals surface area contributed by atoms with Gasteiger partial charge in [0.2, 0.25) is 0 Å². The first-order valence-electron chi connectivity index (χ1n) is 10.4. The molecule has 150 valence electrons. The SMILES string of the molecule is CCCCCC[C@H]1[C@@H](CNC(=O)OCc2ccccc2)C(=O)CCC1(C)C. The summed E-state index contributed by atoms with van der Waals surface area (Å²) in [5.41, 5.74) is 1.09. The number of amides is 1. The van der Waals surface area contributed by atoms with Crippen molar-refractivity contribution in [2.24, 2.45) is 17.3 Å². The van der Waals surface area contributed by atoms with Gasteiger partial charge in [-0.05, 0) is 29.7 Å². The zero-order chi connectivity index (χ0) is 19.7. The summed E-state index contributed by atoms with van der Waals surface area (Å²) in [4.78, 5) is 24.7. The van der Waals surface area contributed by atoms with Gasteiger partial charge in [-0.1, -0.05) is 76.8 Å². The molecule has 4 nitrogen and oxygen atoms in total. The van der Waals surface area contributed by atoms with E-state index in [2.05, 4.69) is 26.1 Å². The highest BCUT2D eigenvalue weighted by atomic mass is 16.5. The Morgan fingerprint density at radius 1 is 1.19 bits per heavy atom. The predicted octanol–water partition coefficient (Wildman–Crippen LogP) is 5.50. The second-order valence-corrected chi connectivity index (χ2v) is 8.46. The molecule has 1 aromatic carbocycles. The summed E-state index contributed by atoms with van der Waals surface area (Å²) in [6.45, 7) is 7.38. The molecule has 2 atom stereocenters. The van der Waals surface area contributed by atoms with Gasteiger partial charge in [0.15, 0.2) is 0 Å². The first-order valence-corrected chi connectivity index (χ1v) is 10.4. The summed E-state index contributed by atoms with van der Waals surface area (Å²) < 4.78 is 5.29. The lowest BCUT2D eigenvalue weighted by atomic mass is 9.61. The molecule has 1 fully saturated rings. The third kappa shape index (κ3) is 6.67. The normalized spacial score (nSPS) is 21.7. The Labute approximate surface area is 164 Å². The van der Waals surface area contributed by atoms with E-state index in [1.165, 1.54) is 19.3 Å². The highest BCUT2D eigenvalue weighted by molar-refractivity contribution is 5.83. The van der Waals surface area contributed by atoms with Gasteiger partial charge < -0.3 is 10.1 Å². The van der Waals surface area contributed by atoms with Crippen molar-refractivity contribution in [3.05, 3.63) is 35.9 Å². The molecular formula is C23H35NO3. The number of Topliss-reactive ketones (excluding diaryl/α,β-unsaturated/α-hetero) is 1. The van der Waals surface area contributed by atoms with Crippen molar-refractivity contribution in [3.8, 4) is 0 Å². The van der Waals surface area contributed by atoms with Gasteiger partial charge in [0.25, 0.3) is 0 Å². The van der Waals surface area contributed by atoms with Crippen LogP contribution in [-0.4, -0.2) is 18.4 Å². The fourth-order valence-corrected chi connectivity index (χ4v) is 4.19. The number of unbranched alkanes of at least 4 members (excludes halogenated alkanes) is 3. The van der Waals surface area contributed by atoms with Gasteiger partial charge in [-0.25, -0.2) is 4.79 Å². The zero-order valence-electron chi connectivity index (χ0n) is 17.1. The Bertz CT molecular complexity index is 597. The topological polar surface area (TPSA) is 55.4 Å². The molecule has 0 aromatic heterocycles. The largest absolute Gasteiger partial charge is 0.445 e. The van der Waals surface area contributed by atoms with Crippen LogP contribution in [0.1, 0.15) is 71.3 Å². The Morgan fingerprint density at radius 3 is 2.63 bits per heavy atom.